The molecule has 1 aromatic heterocycles. The minimum Gasteiger partial charge on any atom is -0.497 e. The fourth-order valence-corrected chi connectivity index (χ4v) is 2.93. The van der Waals surface area contributed by atoms with Gasteiger partial charge in [0.15, 0.2) is 0 Å². The summed E-state index contributed by atoms with van der Waals surface area (Å²) >= 11 is 0. The summed E-state index contributed by atoms with van der Waals surface area (Å²) in [6, 6.07) is 7.31. The van der Waals surface area contributed by atoms with E-state index in [-0.39, 0.29) is 5.91 Å². The first-order valence-corrected chi connectivity index (χ1v) is 8.45. The fraction of sp³-hybridized carbons (Fsp3) is 0.444. The standard InChI is InChI=1S/C18H24N4O2/c1-24-17-7-5-6-16(12-17)20-18(23)15-13-19-22(14-15)11-10-21-8-3-2-4-9-21/h5-7,12-14H,2-4,8-11H2,1H3,(H,20,23). The molecule has 0 atom stereocenters. The molecule has 1 fully saturated rings. The third kappa shape index (κ3) is 4.35. The summed E-state index contributed by atoms with van der Waals surface area (Å²) in [6.45, 7) is 4.14. The highest BCUT2D eigenvalue weighted by atomic mass is 16.5. The number of hydrogen-bond acceptors (Lipinski definition) is 4. The summed E-state index contributed by atoms with van der Waals surface area (Å²) in [5.41, 5.74) is 1.27. The molecule has 1 amide bonds. The number of rotatable bonds is 6. The quantitative estimate of drug-likeness (QED) is 0.885. The number of nitrogens with one attached hydrogen (secondary N) is 1. The lowest BCUT2D eigenvalue weighted by Gasteiger charge is -2.26. The normalized spacial score (nSPS) is 15.2. The zero-order valence-electron chi connectivity index (χ0n) is 14.1. The monoisotopic (exact) mass is 328 g/mol. The number of methoxy groups -OCH3 is 1. The van der Waals surface area contributed by atoms with E-state index in [9.17, 15) is 4.79 Å². The van der Waals surface area contributed by atoms with Crippen LogP contribution in [0.4, 0.5) is 5.69 Å². The lowest BCUT2D eigenvalue weighted by atomic mass is 10.1. The average molecular weight is 328 g/mol. The number of piperidine rings is 1. The van der Waals surface area contributed by atoms with Crippen LogP contribution in [-0.2, 0) is 6.54 Å². The molecule has 128 valence electrons. The third-order valence-electron chi connectivity index (χ3n) is 4.32. The minimum absolute atomic E-state index is 0.160. The van der Waals surface area contributed by atoms with Gasteiger partial charge in [-0.2, -0.15) is 5.10 Å². The molecule has 0 unspecified atom stereocenters. The maximum Gasteiger partial charge on any atom is 0.258 e. The van der Waals surface area contributed by atoms with E-state index >= 15 is 0 Å². The van der Waals surface area contributed by atoms with E-state index in [1.165, 1.54) is 32.4 Å². The zero-order valence-corrected chi connectivity index (χ0v) is 14.1. The molecule has 0 bridgehead atoms. The average Bonchev–Trinajstić information content (AvgIpc) is 3.10. The van der Waals surface area contributed by atoms with Gasteiger partial charge in [0.25, 0.3) is 5.91 Å². The van der Waals surface area contributed by atoms with E-state index in [1.807, 2.05) is 22.9 Å². The topological polar surface area (TPSA) is 59.4 Å². The lowest BCUT2D eigenvalue weighted by Crippen LogP contribution is -2.32. The Morgan fingerprint density at radius 2 is 2.08 bits per heavy atom. The van der Waals surface area contributed by atoms with Crippen molar-refractivity contribution in [3.63, 3.8) is 0 Å². The third-order valence-corrected chi connectivity index (χ3v) is 4.32. The summed E-state index contributed by atoms with van der Waals surface area (Å²) in [5.74, 6) is 0.553. The van der Waals surface area contributed by atoms with Gasteiger partial charge < -0.3 is 15.0 Å². The SMILES string of the molecule is COc1cccc(NC(=O)c2cnn(CCN3CCCCC3)c2)c1. The van der Waals surface area contributed by atoms with E-state index in [0.717, 1.165) is 13.1 Å². The molecule has 1 aliphatic heterocycles. The van der Waals surface area contributed by atoms with Crippen LogP contribution >= 0.6 is 0 Å². The summed E-state index contributed by atoms with van der Waals surface area (Å²) < 4.78 is 7.01. The predicted octanol–water partition coefficient (Wildman–Crippen LogP) is 2.63. The number of likely N-dealkylation sites (tertiary alicyclic amines) is 1. The second kappa shape index (κ2) is 7.97. The van der Waals surface area contributed by atoms with Crippen molar-refractivity contribution >= 4 is 11.6 Å². The number of amides is 1. The van der Waals surface area contributed by atoms with Gasteiger partial charge in [-0.15, -0.1) is 0 Å². The molecule has 0 saturated carbocycles. The molecule has 2 aromatic rings. The van der Waals surface area contributed by atoms with Gasteiger partial charge in [0.05, 0.1) is 25.4 Å². The number of nitrogens with zero attached hydrogens (tertiary/aromatic N) is 3. The van der Waals surface area contributed by atoms with Crippen molar-refractivity contribution in [2.75, 3.05) is 32.1 Å². The van der Waals surface area contributed by atoms with E-state index in [0.29, 0.717) is 17.0 Å². The first-order chi connectivity index (χ1) is 11.7. The van der Waals surface area contributed by atoms with Gasteiger partial charge in [-0.1, -0.05) is 12.5 Å². The zero-order chi connectivity index (χ0) is 16.8. The van der Waals surface area contributed by atoms with Crippen LogP contribution in [0, 0.1) is 0 Å². The minimum atomic E-state index is -0.160. The van der Waals surface area contributed by atoms with Crippen LogP contribution in [0.5, 0.6) is 5.75 Å². The van der Waals surface area contributed by atoms with Crippen LogP contribution in [0.3, 0.4) is 0 Å². The van der Waals surface area contributed by atoms with Crippen molar-refractivity contribution in [2.24, 2.45) is 0 Å². The molecule has 24 heavy (non-hydrogen) atoms. The molecular formula is C18H24N4O2. The largest absolute Gasteiger partial charge is 0.497 e. The second-order valence-electron chi connectivity index (χ2n) is 6.08. The van der Waals surface area contributed by atoms with Gasteiger partial charge >= 0.3 is 0 Å². The van der Waals surface area contributed by atoms with Gasteiger partial charge in [-0.3, -0.25) is 9.48 Å². The Kier molecular flexibility index (Phi) is 5.48. The van der Waals surface area contributed by atoms with Crippen molar-refractivity contribution in [1.29, 1.82) is 0 Å². The molecule has 0 spiro atoms. The maximum atomic E-state index is 12.3. The summed E-state index contributed by atoms with van der Waals surface area (Å²) in [4.78, 5) is 14.8. The van der Waals surface area contributed by atoms with Crippen LogP contribution in [0.2, 0.25) is 0 Å². The number of benzene rings is 1. The van der Waals surface area contributed by atoms with Crippen LogP contribution in [0.25, 0.3) is 0 Å². The smallest absolute Gasteiger partial charge is 0.258 e. The summed E-state index contributed by atoms with van der Waals surface area (Å²) in [5, 5.41) is 7.17. The van der Waals surface area contributed by atoms with Crippen LogP contribution in [0.1, 0.15) is 29.6 Å². The number of carbonyl (C=O) groups is 1. The van der Waals surface area contributed by atoms with Crippen molar-refractivity contribution in [3.05, 3.63) is 42.2 Å². The Hall–Kier alpha value is -2.34. The van der Waals surface area contributed by atoms with Gasteiger partial charge in [0, 0.05) is 24.5 Å². The molecule has 1 N–H and O–H groups in total. The van der Waals surface area contributed by atoms with E-state index in [4.69, 9.17) is 4.74 Å². The molecular weight excluding hydrogens is 304 g/mol. The second-order valence-corrected chi connectivity index (χ2v) is 6.08. The van der Waals surface area contributed by atoms with Gasteiger partial charge in [-0.25, -0.2) is 0 Å². The Morgan fingerprint density at radius 1 is 1.25 bits per heavy atom. The van der Waals surface area contributed by atoms with E-state index in [1.54, 1.807) is 25.6 Å². The number of carbonyl (C=O) groups excluding carboxylic acids is 1. The van der Waals surface area contributed by atoms with Crippen LogP contribution in [0.15, 0.2) is 36.7 Å². The number of anilines is 1. The highest BCUT2D eigenvalue weighted by molar-refractivity contribution is 6.04. The Bertz CT molecular complexity index is 677. The Balaban J connectivity index is 1.54. The number of aromatic nitrogens is 2. The maximum absolute atomic E-state index is 12.3. The summed E-state index contributed by atoms with van der Waals surface area (Å²) in [7, 11) is 1.60. The predicted molar refractivity (Wildman–Crippen MR) is 93.5 cm³/mol. The highest BCUT2D eigenvalue weighted by Crippen LogP contribution is 2.17. The lowest BCUT2D eigenvalue weighted by molar-refractivity contribution is 0.102. The molecule has 6 nitrogen and oxygen atoms in total. The van der Waals surface area contributed by atoms with Crippen molar-refractivity contribution in [1.82, 2.24) is 14.7 Å². The van der Waals surface area contributed by atoms with Crippen molar-refractivity contribution < 1.29 is 9.53 Å². The van der Waals surface area contributed by atoms with Gasteiger partial charge in [0.2, 0.25) is 0 Å². The van der Waals surface area contributed by atoms with Crippen molar-refractivity contribution in [3.8, 4) is 5.75 Å². The van der Waals surface area contributed by atoms with Gasteiger partial charge in [0.1, 0.15) is 5.75 Å². The van der Waals surface area contributed by atoms with Gasteiger partial charge in [-0.05, 0) is 38.1 Å². The highest BCUT2D eigenvalue weighted by Gasteiger charge is 2.12. The molecule has 1 aromatic carbocycles. The Labute approximate surface area is 142 Å². The van der Waals surface area contributed by atoms with E-state index in [2.05, 4.69) is 15.3 Å². The molecule has 1 aliphatic rings. The van der Waals surface area contributed by atoms with Crippen LogP contribution in [-0.4, -0.2) is 47.3 Å². The molecule has 1 saturated heterocycles. The van der Waals surface area contributed by atoms with Crippen molar-refractivity contribution in [2.45, 2.75) is 25.8 Å². The molecule has 3 rings (SSSR count). The van der Waals surface area contributed by atoms with Crippen LogP contribution < -0.4 is 10.1 Å². The number of ether oxygens (including phenoxy) is 1. The first-order valence-electron chi connectivity index (χ1n) is 8.45. The molecule has 2 heterocycles. The summed E-state index contributed by atoms with van der Waals surface area (Å²) in [6.07, 6.45) is 7.33. The molecule has 0 radical (unpaired) electrons. The first kappa shape index (κ1) is 16.5. The molecule has 0 aliphatic carbocycles. The Morgan fingerprint density at radius 3 is 2.88 bits per heavy atom. The number of hydrogen-bond donors (Lipinski definition) is 1. The molecule has 6 heteroatoms. The van der Waals surface area contributed by atoms with E-state index < -0.39 is 0 Å². The fourth-order valence-electron chi connectivity index (χ4n) is 2.93.